The molecule has 5 rings (SSSR count). The minimum atomic E-state index is -0.791. The summed E-state index contributed by atoms with van der Waals surface area (Å²) < 4.78 is 1.02. The van der Waals surface area contributed by atoms with Crippen LogP contribution in [0.2, 0.25) is 0 Å². The normalized spacial score (nSPS) is 16.2. The van der Waals surface area contributed by atoms with Crippen LogP contribution in [-0.2, 0) is 10.4 Å². The highest BCUT2D eigenvalue weighted by Gasteiger charge is 2.55. The van der Waals surface area contributed by atoms with E-state index >= 15 is 0 Å². The van der Waals surface area contributed by atoms with E-state index < -0.39 is 5.60 Å². The fourth-order valence-electron chi connectivity index (χ4n) is 3.82. The fourth-order valence-corrected chi connectivity index (χ4v) is 4.08. The molecule has 4 aromatic rings. The average molecular weight is 469 g/mol. The van der Waals surface area contributed by atoms with Crippen molar-refractivity contribution in [1.29, 1.82) is 0 Å². The predicted molar refractivity (Wildman–Crippen MR) is 130 cm³/mol. The molecule has 0 radical (unpaired) electrons. The van der Waals surface area contributed by atoms with Gasteiger partial charge in [-0.05, 0) is 54.4 Å². The summed E-state index contributed by atoms with van der Waals surface area (Å²) in [6, 6.07) is 36.9. The first-order chi connectivity index (χ1) is 15.2. The zero-order chi connectivity index (χ0) is 21.3. The Morgan fingerprint density at radius 1 is 0.710 bits per heavy atom. The number of aliphatic imine (C=N–C) groups is 1. The molecule has 1 heterocycles. The van der Waals surface area contributed by atoms with Crippen LogP contribution in [0.5, 0.6) is 0 Å². The van der Waals surface area contributed by atoms with E-state index in [1.54, 1.807) is 0 Å². The van der Waals surface area contributed by atoms with Gasteiger partial charge in [-0.3, -0.25) is 0 Å². The van der Waals surface area contributed by atoms with E-state index in [1.165, 1.54) is 5.56 Å². The first kappa shape index (κ1) is 19.7. The molecule has 3 nitrogen and oxygen atoms in total. The summed E-state index contributed by atoms with van der Waals surface area (Å²) in [5.41, 5.74) is 4.32. The third-order valence-electron chi connectivity index (χ3n) is 5.43. The van der Waals surface area contributed by atoms with Gasteiger partial charge in [-0.25, -0.2) is 14.9 Å². The maximum absolute atomic E-state index is 6.62. The van der Waals surface area contributed by atoms with Crippen molar-refractivity contribution in [3.05, 3.63) is 130 Å². The third kappa shape index (κ3) is 3.58. The van der Waals surface area contributed by atoms with E-state index in [0.717, 1.165) is 32.8 Å². The predicted octanol–water partition coefficient (Wildman–Crippen LogP) is 7.18. The quantitative estimate of drug-likeness (QED) is 0.316. The number of aryl methyl sites for hydroxylation is 1. The Balaban J connectivity index is 1.71. The lowest BCUT2D eigenvalue weighted by molar-refractivity contribution is -0.0223. The van der Waals surface area contributed by atoms with Crippen molar-refractivity contribution in [3.63, 3.8) is 0 Å². The fraction of sp³-hybridized carbons (Fsp3) is 0.0741. The molecule has 4 aromatic carbocycles. The molecule has 0 aliphatic carbocycles. The van der Waals surface area contributed by atoms with Gasteiger partial charge in [0.15, 0.2) is 5.84 Å². The molecular formula is C27H21BrN2O. The molecule has 1 aliphatic heterocycles. The van der Waals surface area contributed by atoms with Crippen LogP contribution in [0.4, 0.5) is 11.4 Å². The summed E-state index contributed by atoms with van der Waals surface area (Å²) in [4.78, 5) is 11.7. The summed E-state index contributed by atoms with van der Waals surface area (Å²) in [5, 5.41) is 1.83. The third-order valence-corrected chi connectivity index (χ3v) is 5.95. The van der Waals surface area contributed by atoms with E-state index in [2.05, 4.69) is 59.3 Å². The van der Waals surface area contributed by atoms with Gasteiger partial charge < -0.3 is 0 Å². The molecule has 0 aromatic heterocycles. The van der Waals surface area contributed by atoms with E-state index in [4.69, 9.17) is 9.83 Å². The maximum Gasteiger partial charge on any atom is 0.206 e. The lowest BCUT2D eigenvalue weighted by Crippen LogP contribution is -2.63. The van der Waals surface area contributed by atoms with Gasteiger partial charge in [-0.15, -0.1) is 0 Å². The molecule has 0 N–H and O–H groups in total. The second-order valence-electron chi connectivity index (χ2n) is 7.55. The molecule has 152 valence electrons. The number of rotatable bonds is 4. The molecule has 0 spiro atoms. The molecule has 0 unspecified atom stereocenters. The molecule has 1 saturated heterocycles. The van der Waals surface area contributed by atoms with Gasteiger partial charge in [0, 0.05) is 4.47 Å². The minimum absolute atomic E-state index is 0.791. The Kier molecular flexibility index (Phi) is 5.18. The van der Waals surface area contributed by atoms with Crippen molar-refractivity contribution in [2.24, 2.45) is 4.99 Å². The van der Waals surface area contributed by atoms with Crippen molar-refractivity contribution < 1.29 is 4.84 Å². The van der Waals surface area contributed by atoms with Crippen LogP contribution in [0.25, 0.3) is 0 Å². The average Bonchev–Trinajstić information content (AvgIpc) is 2.81. The van der Waals surface area contributed by atoms with E-state index in [1.807, 2.05) is 77.9 Å². The molecule has 4 heteroatoms. The molecule has 1 fully saturated rings. The maximum atomic E-state index is 6.62. The SMILES string of the molecule is Cc1ccc(N=C2N(c3ccc(Br)cc3)OC2(c2ccccc2)c2ccccc2)cc1. The number of halogens is 1. The smallest absolute Gasteiger partial charge is 0.206 e. The van der Waals surface area contributed by atoms with Gasteiger partial charge in [0.25, 0.3) is 0 Å². The Bertz CT molecular complexity index is 1160. The zero-order valence-corrected chi connectivity index (χ0v) is 18.7. The number of benzene rings is 4. The van der Waals surface area contributed by atoms with E-state index in [0.29, 0.717) is 0 Å². The van der Waals surface area contributed by atoms with Crippen LogP contribution in [0.3, 0.4) is 0 Å². The van der Waals surface area contributed by atoms with Crippen LogP contribution in [0.15, 0.2) is 119 Å². The van der Waals surface area contributed by atoms with Crippen LogP contribution in [0, 0.1) is 6.92 Å². The number of hydroxylamine groups is 1. The standard InChI is InChI=1S/C27H21BrN2O/c1-20-12-16-24(17-13-20)29-26-27(21-8-4-2-5-9-21,22-10-6-3-7-11-22)31-30(26)25-18-14-23(28)15-19-25/h2-19H,1H3. The van der Waals surface area contributed by atoms with E-state index in [9.17, 15) is 0 Å². The lowest BCUT2D eigenvalue weighted by atomic mass is 9.82. The Morgan fingerprint density at radius 2 is 1.26 bits per heavy atom. The molecule has 0 saturated carbocycles. The van der Waals surface area contributed by atoms with Gasteiger partial charge in [0.05, 0.1) is 11.4 Å². The highest BCUT2D eigenvalue weighted by atomic mass is 79.9. The second kappa shape index (κ2) is 8.14. The topological polar surface area (TPSA) is 24.8 Å². The van der Waals surface area contributed by atoms with Crippen LogP contribution >= 0.6 is 15.9 Å². The lowest BCUT2D eigenvalue weighted by Gasteiger charge is -2.51. The van der Waals surface area contributed by atoms with Gasteiger partial charge in [-0.1, -0.05) is 94.3 Å². The summed E-state index contributed by atoms with van der Waals surface area (Å²) >= 11 is 3.52. The number of anilines is 1. The first-order valence-electron chi connectivity index (χ1n) is 10.2. The van der Waals surface area contributed by atoms with Gasteiger partial charge >= 0.3 is 0 Å². The summed E-state index contributed by atoms with van der Waals surface area (Å²) in [7, 11) is 0. The number of nitrogens with zero attached hydrogens (tertiary/aromatic N) is 2. The van der Waals surface area contributed by atoms with Crippen molar-refractivity contribution >= 4 is 33.1 Å². The zero-order valence-electron chi connectivity index (χ0n) is 17.1. The largest absolute Gasteiger partial charge is 0.243 e. The summed E-state index contributed by atoms with van der Waals surface area (Å²) in [5.74, 6) is 0.830. The monoisotopic (exact) mass is 468 g/mol. The van der Waals surface area contributed by atoms with Crippen molar-refractivity contribution in [3.8, 4) is 0 Å². The minimum Gasteiger partial charge on any atom is -0.243 e. The van der Waals surface area contributed by atoms with Gasteiger partial charge in [-0.2, -0.15) is 0 Å². The van der Waals surface area contributed by atoms with E-state index in [-0.39, 0.29) is 0 Å². The molecule has 1 aliphatic rings. The summed E-state index contributed by atoms with van der Waals surface area (Å²) in [6.07, 6.45) is 0. The number of hydrogen-bond acceptors (Lipinski definition) is 2. The highest BCUT2D eigenvalue weighted by molar-refractivity contribution is 9.10. The molecule has 0 bridgehead atoms. The van der Waals surface area contributed by atoms with Gasteiger partial charge in [0.2, 0.25) is 5.60 Å². The molecule has 31 heavy (non-hydrogen) atoms. The second-order valence-corrected chi connectivity index (χ2v) is 8.46. The summed E-state index contributed by atoms with van der Waals surface area (Å²) in [6.45, 7) is 2.08. The van der Waals surface area contributed by atoms with Crippen LogP contribution < -0.4 is 5.06 Å². The van der Waals surface area contributed by atoms with Crippen molar-refractivity contribution in [2.45, 2.75) is 12.5 Å². The first-order valence-corrected chi connectivity index (χ1v) is 11.0. The Labute approximate surface area is 190 Å². The van der Waals surface area contributed by atoms with Crippen LogP contribution in [0.1, 0.15) is 16.7 Å². The van der Waals surface area contributed by atoms with Crippen molar-refractivity contribution in [1.82, 2.24) is 0 Å². The number of hydrogen-bond donors (Lipinski definition) is 0. The Morgan fingerprint density at radius 3 is 1.81 bits per heavy atom. The molecule has 0 amide bonds. The number of amidine groups is 1. The van der Waals surface area contributed by atoms with Crippen molar-refractivity contribution in [2.75, 3.05) is 5.06 Å². The van der Waals surface area contributed by atoms with Crippen LogP contribution in [-0.4, -0.2) is 5.84 Å². The molecular weight excluding hydrogens is 448 g/mol. The van der Waals surface area contributed by atoms with Gasteiger partial charge in [0.1, 0.15) is 0 Å². The highest BCUT2D eigenvalue weighted by Crippen LogP contribution is 2.47. The molecule has 0 atom stereocenters. The Hall–Kier alpha value is -3.21.